The van der Waals surface area contributed by atoms with Crippen LogP contribution in [0.4, 0.5) is 0 Å². The first-order chi connectivity index (χ1) is 11.1. The van der Waals surface area contributed by atoms with Crippen LogP contribution in [-0.4, -0.2) is 39.1 Å². The Kier molecular flexibility index (Phi) is 7.86. The number of nitrogens with one attached hydrogen (secondary N) is 1. The molecule has 6 nitrogen and oxygen atoms in total. The fraction of sp³-hybridized carbons (Fsp3) is 0.562. The molecule has 0 saturated carbocycles. The predicted octanol–water partition coefficient (Wildman–Crippen LogP) is 2.69. The van der Waals surface area contributed by atoms with E-state index in [0.717, 1.165) is 0 Å². The number of carbonyl (C=O) groups is 2. The summed E-state index contributed by atoms with van der Waals surface area (Å²) in [6, 6.07) is 0. The lowest BCUT2D eigenvalue weighted by molar-refractivity contribution is -0.122. The molecule has 1 aromatic heterocycles. The van der Waals surface area contributed by atoms with Crippen LogP contribution in [-0.2, 0) is 16.8 Å². The van der Waals surface area contributed by atoms with Gasteiger partial charge in [0.15, 0.2) is 5.69 Å². The lowest BCUT2D eigenvalue weighted by Gasteiger charge is -2.16. The van der Waals surface area contributed by atoms with Gasteiger partial charge in [-0.1, -0.05) is 32.9 Å². The quantitative estimate of drug-likeness (QED) is 0.480. The summed E-state index contributed by atoms with van der Waals surface area (Å²) >= 11 is 6.79. The van der Waals surface area contributed by atoms with Crippen LogP contribution in [0.2, 0.25) is 0 Å². The molecule has 1 rings (SSSR count). The molecule has 0 fully saturated rings. The normalized spacial score (nSPS) is 13.2. The first kappa shape index (κ1) is 20.6. The molecular formula is C16H23ClN2O4S. The van der Waals surface area contributed by atoms with Gasteiger partial charge in [-0.15, -0.1) is 22.9 Å². The molecule has 0 spiro atoms. The third-order valence-electron chi connectivity index (χ3n) is 3.02. The molecular weight excluding hydrogens is 352 g/mol. The summed E-state index contributed by atoms with van der Waals surface area (Å²) in [7, 11) is 0. The number of aromatic carboxylic acids is 1. The molecule has 134 valence electrons. The number of aliphatic hydroxyl groups is 1. The van der Waals surface area contributed by atoms with Crippen molar-refractivity contribution in [3.63, 3.8) is 0 Å². The second-order valence-electron chi connectivity index (χ2n) is 6.29. The van der Waals surface area contributed by atoms with E-state index in [2.05, 4.69) is 10.3 Å². The number of carboxylic acids is 1. The maximum absolute atomic E-state index is 11.8. The SMILES string of the molecule is CC(C)(C)c1sc(CNC(=O)CC(O)C=CCCCl)nc1C(=O)O. The van der Waals surface area contributed by atoms with E-state index < -0.39 is 12.1 Å². The molecule has 0 aliphatic carbocycles. The maximum Gasteiger partial charge on any atom is 0.355 e. The molecule has 0 aliphatic rings. The number of halogens is 1. The van der Waals surface area contributed by atoms with Crippen molar-refractivity contribution in [2.24, 2.45) is 0 Å². The molecule has 0 bridgehead atoms. The van der Waals surface area contributed by atoms with Gasteiger partial charge in [0.2, 0.25) is 5.91 Å². The van der Waals surface area contributed by atoms with Crippen molar-refractivity contribution in [2.45, 2.75) is 51.7 Å². The highest BCUT2D eigenvalue weighted by Crippen LogP contribution is 2.31. The maximum atomic E-state index is 11.8. The van der Waals surface area contributed by atoms with Crippen molar-refractivity contribution in [1.82, 2.24) is 10.3 Å². The number of hydrogen-bond acceptors (Lipinski definition) is 5. The Labute approximate surface area is 150 Å². The van der Waals surface area contributed by atoms with Gasteiger partial charge in [0.05, 0.1) is 19.1 Å². The number of hydrogen-bond donors (Lipinski definition) is 3. The van der Waals surface area contributed by atoms with Gasteiger partial charge >= 0.3 is 5.97 Å². The number of thiazole rings is 1. The van der Waals surface area contributed by atoms with Crippen LogP contribution in [0.25, 0.3) is 0 Å². The third-order valence-corrected chi connectivity index (χ3v) is 4.72. The van der Waals surface area contributed by atoms with Gasteiger partial charge in [-0.2, -0.15) is 0 Å². The lowest BCUT2D eigenvalue weighted by Crippen LogP contribution is -2.26. The minimum atomic E-state index is -1.08. The Bertz CT molecular complexity index is 608. The van der Waals surface area contributed by atoms with Crippen LogP contribution >= 0.6 is 22.9 Å². The zero-order valence-electron chi connectivity index (χ0n) is 14.0. The average Bonchev–Trinajstić information content (AvgIpc) is 2.90. The largest absolute Gasteiger partial charge is 0.476 e. The van der Waals surface area contributed by atoms with Crippen LogP contribution in [0.5, 0.6) is 0 Å². The Morgan fingerprint density at radius 2 is 2.08 bits per heavy atom. The second kappa shape index (κ2) is 9.15. The second-order valence-corrected chi connectivity index (χ2v) is 7.76. The van der Waals surface area contributed by atoms with Crippen LogP contribution in [0.1, 0.15) is 54.0 Å². The Morgan fingerprint density at radius 3 is 2.58 bits per heavy atom. The molecule has 1 aromatic rings. The van der Waals surface area contributed by atoms with E-state index in [1.807, 2.05) is 20.8 Å². The number of aromatic nitrogens is 1. The molecule has 1 heterocycles. The van der Waals surface area contributed by atoms with E-state index in [0.29, 0.717) is 22.2 Å². The minimum Gasteiger partial charge on any atom is -0.476 e. The summed E-state index contributed by atoms with van der Waals surface area (Å²) in [5, 5.41) is 22.1. The van der Waals surface area contributed by atoms with Gasteiger partial charge in [0.25, 0.3) is 0 Å². The van der Waals surface area contributed by atoms with Crippen molar-refractivity contribution >= 4 is 34.8 Å². The van der Waals surface area contributed by atoms with Crippen LogP contribution in [0.3, 0.4) is 0 Å². The average molecular weight is 375 g/mol. The van der Waals surface area contributed by atoms with E-state index >= 15 is 0 Å². The van der Waals surface area contributed by atoms with E-state index in [1.165, 1.54) is 17.4 Å². The molecule has 1 atom stereocenters. The van der Waals surface area contributed by atoms with Gasteiger partial charge in [-0.05, 0) is 11.8 Å². The van der Waals surface area contributed by atoms with Crippen LogP contribution in [0, 0.1) is 0 Å². The number of aliphatic hydroxyl groups excluding tert-OH is 1. The number of rotatable bonds is 8. The topological polar surface area (TPSA) is 99.5 Å². The Balaban J connectivity index is 2.64. The van der Waals surface area contributed by atoms with Gasteiger partial charge in [0.1, 0.15) is 5.01 Å². The van der Waals surface area contributed by atoms with E-state index in [4.69, 9.17) is 11.6 Å². The molecule has 0 aliphatic heterocycles. The summed E-state index contributed by atoms with van der Waals surface area (Å²) in [4.78, 5) is 27.9. The molecule has 0 saturated heterocycles. The van der Waals surface area contributed by atoms with Gasteiger partial charge in [0, 0.05) is 10.8 Å². The lowest BCUT2D eigenvalue weighted by atomic mass is 9.93. The van der Waals surface area contributed by atoms with Crippen LogP contribution in [0.15, 0.2) is 12.2 Å². The summed E-state index contributed by atoms with van der Waals surface area (Å²) in [6.45, 7) is 5.88. The summed E-state index contributed by atoms with van der Waals surface area (Å²) in [6.07, 6.45) is 2.95. The van der Waals surface area contributed by atoms with E-state index in [-0.39, 0.29) is 30.0 Å². The first-order valence-electron chi connectivity index (χ1n) is 7.56. The molecule has 0 radical (unpaired) electrons. The third kappa shape index (κ3) is 6.59. The van der Waals surface area contributed by atoms with Crippen molar-refractivity contribution in [3.8, 4) is 0 Å². The number of nitrogens with zero attached hydrogens (tertiary/aromatic N) is 1. The summed E-state index contributed by atoms with van der Waals surface area (Å²) < 4.78 is 0. The van der Waals surface area contributed by atoms with Crippen LogP contribution < -0.4 is 5.32 Å². The Morgan fingerprint density at radius 1 is 1.42 bits per heavy atom. The fourth-order valence-corrected chi connectivity index (χ4v) is 3.09. The minimum absolute atomic E-state index is 0.0285. The predicted molar refractivity (Wildman–Crippen MR) is 94.7 cm³/mol. The number of carbonyl (C=O) groups excluding carboxylic acids is 1. The summed E-state index contributed by atoms with van der Waals surface area (Å²) in [5.41, 5.74) is -0.308. The highest BCUT2D eigenvalue weighted by atomic mass is 35.5. The molecule has 1 unspecified atom stereocenters. The first-order valence-corrected chi connectivity index (χ1v) is 8.91. The zero-order chi connectivity index (χ0) is 18.3. The molecule has 1 amide bonds. The number of amides is 1. The molecule has 8 heteroatoms. The Hall–Kier alpha value is -1.44. The standard InChI is InChI=1S/C16H23ClN2O4S/c1-16(2,3)14-13(15(22)23)19-12(24-14)9-18-11(21)8-10(20)6-4-5-7-17/h4,6,10,20H,5,7-9H2,1-3H3,(H,18,21)(H,22,23). The van der Waals surface area contributed by atoms with Crippen molar-refractivity contribution in [1.29, 1.82) is 0 Å². The summed E-state index contributed by atoms with van der Waals surface area (Å²) in [5.74, 6) is -0.947. The number of carboxylic acid groups (broad SMARTS) is 1. The van der Waals surface area contributed by atoms with Gasteiger partial charge in [-0.3, -0.25) is 4.79 Å². The van der Waals surface area contributed by atoms with Gasteiger partial charge < -0.3 is 15.5 Å². The molecule has 24 heavy (non-hydrogen) atoms. The smallest absolute Gasteiger partial charge is 0.355 e. The van der Waals surface area contributed by atoms with Crippen molar-refractivity contribution in [3.05, 3.63) is 27.7 Å². The highest BCUT2D eigenvalue weighted by molar-refractivity contribution is 7.12. The number of allylic oxidation sites excluding steroid dienone is 1. The van der Waals surface area contributed by atoms with Gasteiger partial charge in [-0.25, -0.2) is 9.78 Å². The molecule has 3 N–H and O–H groups in total. The van der Waals surface area contributed by atoms with E-state index in [1.54, 1.807) is 6.08 Å². The zero-order valence-corrected chi connectivity index (χ0v) is 15.6. The molecule has 0 aromatic carbocycles. The van der Waals surface area contributed by atoms with Crippen molar-refractivity contribution in [2.75, 3.05) is 5.88 Å². The monoisotopic (exact) mass is 374 g/mol. The van der Waals surface area contributed by atoms with Crippen molar-refractivity contribution < 1.29 is 19.8 Å². The van der Waals surface area contributed by atoms with E-state index in [9.17, 15) is 19.8 Å². The number of alkyl halides is 1. The fourth-order valence-electron chi connectivity index (χ4n) is 1.91. The highest BCUT2D eigenvalue weighted by Gasteiger charge is 2.26.